The fraction of sp³-hybridized carbons (Fsp3) is 0. The molecule has 0 aliphatic heterocycles. The topological polar surface area (TPSA) is 16.4 Å². The van der Waals surface area contributed by atoms with Crippen LogP contribution < -0.4 is 4.90 Å². The molecule has 0 atom stereocenters. The Balaban J connectivity index is 1.24. The molecule has 9 rings (SSSR count). The Morgan fingerprint density at radius 1 is 0.370 bits per heavy atom. The second-order valence-electron chi connectivity index (χ2n) is 11.7. The van der Waals surface area contributed by atoms with E-state index in [0.29, 0.717) is 0 Å². The molecule has 0 saturated heterocycles. The Morgan fingerprint density at radius 3 is 1.80 bits per heavy atom. The highest BCUT2D eigenvalue weighted by atomic mass is 16.3. The van der Waals surface area contributed by atoms with Crippen LogP contribution in [-0.2, 0) is 0 Å². The molecule has 0 aliphatic carbocycles. The summed E-state index contributed by atoms with van der Waals surface area (Å²) in [6.07, 6.45) is 0. The molecule has 1 aromatic heterocycles. The predicted octanol–water partition coefficient (Wildman–Crippen LogP) is 12.7. The van der Waals surface area contributed by atoms with Crippen LogP contribution in [0.25, 0.3) is 65.7 Å². The number of fused-ring (bicyclic) bond motifs is 5. The van der Waals surface area contributed by atoms with Crippen molar-refractivity contribution in [1.82, 2.24) is 0 Å². The Bertz CT molecular complexity index is 2510. The first-order valence-corrected chi connectivity index (χ1v) is 15.7. The average Bonchev–Trinajstić information content (AvgIpc) is 3.49. The molecule has 0 aliphatic rings. The summed E-state index contributed by atoms with van der Waals surface area (Å²) in [4.78, 5) is 2.33. The molecule has 216 valence electrons. The lowest BCUT2D eigenvalue weighted by Crippen LogP contribution is -2.09. The fourth-order valence-corrected chi connectivity index (χ4v) is 6.93. The lowest BCUT2D eigenvalue weighted by Gasteiger charge is -2.26. The van der Waals surface area contributed by atoms with Crippen molar-refractivity contribution in [3.05, 3.63) is 176 Å². The molecule has 2 nitrogen and oxygen atoms in total. The van der Waals surface area contributed by atoms with E-state index in [9.17, 15) is 0 Å². The number of anilines is 3. The van der Waals surface area contributed by atoms with Crippen molar-refractivity contribution in [2.75, 3.05) is 4.90 Å². The quantitative estimate of drug-likeness (QED) is 0.199. The van der Waals surface area contributed by atoms with Crippen LogP contribution in [0.5, 0.6) is 0 Å². The molecule has 0 amide bonds. The van der Waals surface area contributed by atoms with Gasteiger partial charge in [-0.3, -0.25) is 0 Å². The monoisotopic (exact) mass is 587 g/mol. The first-order chi connectivity index (χ1) is 22.8. The summed E-state index contributed by atoms with van der Waals surface area (Å²) in [5.41, 5.74) is 9.87. The molecule has 9 aromatic rings. The van der Waals surface area contributed by atoms with Crippen LogP contribution in [0.15, 0.2) is 180 Å². The molecule has 0 unspecified atom stereocenters. The van der Waals surface area contributed by atoms with Crippen LogP contribution >= 0.6 is 0 Å². The van der Waals surface area contributed by atoms with Gasteiger partial charge in [0, 0.05) is 33.4 Å². The average molecular weight is 588 g/mol. The first-order valence-electron chi connectivity index (χ1n) is 15.7. The zero-order valence-corrected chi connectivity index (χ0v) is 25.1. The molecular formula is C44H29NO. The van der Waals surface area contributed by atoms with Crippen molar-refractivity contribution in [3.8, 4) is 22.3 Å². The van der Waals surface area contributed by atoms with Gasteiger partial charge < -0.3 is 9.32 Å². The van der Waals surface area contributed by atoms with Gasteiger partial charge in [-0.25, -0.2) is 0 Å². The van der Waals surface area contributed by atoms with Crippen LogP contribution in [0.1, 0.15) is 0 Å². The van der Waals surface area contributed by atoms with Crippen molar-refractivity contribution in [3.63, 3.8) is 0 Å². The van der Waals surface area contributed by atoms with Gasteiger partial charge in [0.2, 0.25) is 0 Å². The maximum Gasteiger partial charge on any atom is 0.136 e. The summed E-state index contributed by atoms with van der Waals surface area (Å²) in [6.45, 7) is 0. The van der Waals surface area contributed by atoms with E-state index in [1.165, 1.54) is 43.8 Å². The molecule has 2 heteroatoms. The highest BCUT2D eigenvalue weighted by molar-refractivity contribution is 6.21. The maximum absolute atomic E-state index is 6.55. The van der Waals surface area contributed by atoms with Gasteiger partial charge in [-0.2, -0.15) is 0 Å². The number of benzene rings is 8. The Hall–Kier alpha value is -6.12. The SMILES string of the molecule is c1ccc(-c2c3ccccc3cc3oc4ccc(N(c5ccccc5)c5ccc(-c6cccc7ccccc67)cc5)cc4c23)cc1. The van der Waals surface area contributed by atoms with E-state index in [1.54, 1.807) is 0 Å². The van der Waals surface area contributed by atoms with Gasteiger partial charge in [0.05, 0.1) is 0 Å². The van der Waals surface area contributed by atoms with Gasteiger partial charge in [0.15, 0.2) is 0 Å². The predicted molar refractivity (Wildman–Crippen MR) is 194 cm³/mol. The summed E-state index contributed by atoms with van der Waals surface area (Å²) >= 11 is 0. The van der Waals surface area contributed by atoms with Gasteiger partial charge in [-0.15, -0.1) is 0 Å². The van der Waals surface area contributed by atoms with Crippen LogP contribution in [0.4, 0.5) is 17.1 Å². The van der Waals surface area contributed by atoms with E-state index in [4.69, 9.17) is 4.42 Å². The van der Waals surface area contributed by atoms with Crippen molar-refractivity contribution < 1.29 is 4.42 Å². The van der Waals surface area contributed by atoms with E-state index in [-0.39, 0.29) is 0 Å². The number of nitrogens with zero attached hydrogens (tertiary/aromatic N) is 1. The van der Waals surface area contributed by atoms with Crippen LogP contribution in [0.3, 0.4) is 0 Å². The van der Waals surface area contributed by atoms with E-state index in [0.717, 1.165) is 39.0 Å². The third kappa shape index (κ3) is 4.35. The molecular weight excluding hydrogens is 558 g/mol. The molecule has 1 heterocycles. The second-order valence-corrected chi connectivity index (χ2v) is 11.7. The summed E-state index contributed by atoms with van der Waals surface area (Å²) in [5, 5.41) is 7.14. The van der Waals surface area contributed by atoms with Crippen LogP contribution in [0.2, 0.25) is 0 Å². The molecule has 0 radical (unpaired) electrons. The van der Waals surface area contributed by atoms with Crippen LogP contribution in [-0.4, -0.2) is 0 Å². The van der Waals surface area contributed by atoms with Crippen molar-refractivity contribution in [2.24, 2.45) is 0 Å². The minimum Gasteiger partial charge on any atom is -0.456 e. The van der Waals surface area contributed by atoms with Crippen molar-refractivity contribution >= 4 is 60.5 Å². The minimum absolute atomic E-state index is 0.880. The van der Waals surface area contributed by atoms with Gasteiger partial charge in [0.1, 0.15) is 11.2 Å². The Morgan fingerprint density at radius 2 is 1.00 bits per heavy atom. The summed E-state index contributed by atoms with van der Waals surface area (Å²) in [6, 6.07) is 62.6. The number of rotatable bonds is 5. The highest BCUT2D eigenvalue weighted by Gasteiger charge is 2.19. The van der Waals surface area contributed by atoms with Crippen molar-refractivity contribution in [2.45, 2.75) is 0 Å². The normalized spacial score (nSPS) is 11.5. The van der Waals surface area contributed by atoms with Gasteiger partial charge in [-0.1, -0.05) is 127 Å². The number of hydrogen-bond acceptors (Lipinski definition) is 2. The molecule has 0 spiro atoms. The zero-order valence-electron chi connectivity index (χ0n) is 25.1. The minimum atomic E-state index is 0.880. The summed E-state index contributed by atoms with van der Waals surface area (Å²) in [7, 11) is 0. The zero-order chi connectivity index (χ0) is 30.5. The van der Waals surface area contributed by atoms with Crippen LogP contribution in [0, 0.1) is 0 Å². The van der Waals surface area contributed by atoms with E-state index >= 15 is 0 Å². The fourth-order valence-electron chi connectivity index (χ4n) is 6.93. The lowest BCUT2D eigenvalue weighted by molar-refractivity contribution is 0.669. The standard InChI is InChI=1S/C44H29NO/c1-3-13-32(14-4-1)43-39-20-10-8-15-33(39)28-42-44(43)40-29-36(26-27-41(40)46-42)45(34-17-5-2-6-18-34)35-24-22-31(23-25-35)38-21-11-16-30-12-7-9-19-37(30)38/h1-29H. The first kappa shape index (κ1) is 26.3. The number of furan rings is 1. The molecule has 0 fully saturated rings. The molecule has 46 heavy (non-hydrogen) atoms. The van der Waals surface area contributed by atoms with E-state index < -0.39 is 0 Å². The Kier molecular flexibility index (Phi) is 6.17. The highest BCUT2D eigenvalue weighted by Crippen LogP contribution is 2.44. The molecule has 8 aromatic carbocycles. The van der Waals surface area contributed by atoms with E-state index in [2.05, 4.69) is 181 Å². The molecule has 0 N–H and O–H groups in total. The summed E-state index contributed by atoms with van der Waals surface area (Å²) < 4.78 is 6.55. The maximum atomic E-state index is 6.55. The van der Waals surface area contributed by atoms with Crippen molar-refractivity contribution in [1.29, 1.82) is 0 Å². The number of hydrogen-bond donors (Lipinski definition) is 0. The smallest absolute Gasteiger partial charge is 0.136 e. The molecule has 0 saturated carbocycles. The van der Waals surface area contributed by atoms with Gasteiger partial charge in [0.25, 0.3) is 0 Å². The Labute approximate surface area is 267 Å². The third-order valence-electron chi connectivity index (χ3n) is 9.03. The second kappa shape index (κ2) is 10.8. The molecule has 0 bridgehead atoms. The lowest BCUT2D eigenvalue weighted by atomic mass is 9.93. The summed E-state index contributed by atoms with van der Waals surface area (Å²) in [5.74, 6) is 0. The van der Waals surface area contributed by atoms with Gasteiger partial charge >= 0.3 is 0 Å². The largest absolute Gasteiger partial charge is 0.456 e. The van der Waals surface area contributed by atoms with Gasteiger partial charge in [-0.05, 0) is 86.8 Å². The van der Waals surface area contributed by atoms with E-state index in [1.807, 2.05) is 0 Å². The number of para-hydroxylation sites is 1. The third-order valence-corrected chi connectivity index (χ3v) is 9.03.